The Morgan fingerprint density at radius 1 is 1.50 bits per heavy atom. The molecule has 16 heavy (non-hydrogen) atoms. The fraction of sp³-hybridized carbons (Fsp3) is 0.417. The maximum atomic E-state index is 8.67. The molecule has 0 amide bonds. The number of benzene rings is 1. The molecule has 0 N–H and O–H groups in total. The first-order chi connectivity index (χ1) is 7.58. The summed E-state index contributed by atoms with van der Waals surface area (Å²) in [5, 5.41) is 9.37. The lowest BCUT2D eigenvalue weighted by molar-refractivity contribution is 0.401. The summed E-state index contributed by atoms with van der Waals surface area (Å²) < 4.78 is 5.34. The van der Waals surface area contributed by atoms with E-state index >= 15 is 0 Å². The lowest BCUT2D eigenvalue weighted by atomic mass is 10.1. The van der Waals surface area contributed by atoms with Crippen LogP contribution in [0.2, 0.25) is 5.02 Å². The molecule has 1 aromatic rings. The Bertz CT molecular complexity index is 412. The highest BCUT2D eigenvalue weighted by Gasteiger charge is 2.08. The van der Waals surface area contributed by atoms with Crippen molar-refractivity contribution in [1.82, 2.24) is 4.90 Å². The molecule has 0 radical (unpaired) electrons. The van der Waals surface area contributed by atoms with E-state index in [0.717, 1.165) is 23.3 Å². The van der Waals surface area contributed by atoms with Crippen LogP contribution in [0.15, 0.2) is 12.1 Å². The zero-order valence-corrected chi connectivity index (χ0v) is 10.5. The van der Waals surface area contributed by atoms with Gasteiger partial charge in [0.25, 0.3) is 0 Å². The molecule has 4 heteroatoms. The number of methoxy groups -OCH3 is 1. The SMILES string of the molecule is COc1c(C)cc(Cl)cc1CCN(C)C#N. The Balaban J connectivity index is 2.90. The summed E-state index contributed by atoms with van der Waals surface area (Å²) in [6.07, 6.45) is 2.81. The first-order valence-corrected chi connectivity index (χ1v) is 5.40. The smallest absolute Gasteiger partial charge is 0.179 e. The van der Waals surface area contributed by atoms with Crippen molar-refractivity contribution in [3.63, 3.8) is 0 Å². The topological polar surface area (TPSA) is 36.3 Å². The molecule has 0 fully saturated rings. The standard InChI is InChI=1S/C12H15ClN2O/c1-9-6-11(13)7-10(12(9)16-3)4-5-15(2)8-14/h6-7H,4-5H2,1-3H3. The third kappa shape index (κ3) is 3.04. The van der Waals surface area contributed by atoms with Crippen molar-refractivity contribution in [2.45, 2.75) is 13.3 Å². The van der Waals surface area contributed by atoms with E-state index in [0.29, 0.717) is 11.6 Å². The number of ether oxygens (including phenoxy) is 1. The number of hydrogen-bond donors (Lipinski definition) is 0. The van der Waals surface area contributed by atoms with Crippen molar-refractivity contribution >= 4 is 11.6 Å². The highest BCUT2D eigenvalue weighted by molar-refractivity contribution is 6.30. The normalized spacial score (nSPS) is 9.69. The average Bonchev–Trinajstić information content (AvgIpc) is 2.25. The fourth-order valence-corrected chi connectivity index (χ4v) is 1.91. The van der Waals surface area contributed by atoms with E-state index in [1.165, 1.54) is 0 Å². The molecule has 0 aliphatic heterocycles. The Hall–Kier alpha value is -1.40. The number of halogens is 1. The van der Waals surface area contributed by atoms with E-state index in [9.17, 15) is 0 Å². The number of rotatable bonds is 4. The maximum absolute atomic E-state index is 8.67. The Morgan fingerprint density at radius 3 is 2.75 bits per heavy atom. The van der Waals surface area contributed by atoms with Gasteiger partial charge in [-0.3, -0.25) is 0 Å². The molecule has 3 nitrogen and oxygen atoms in total. The molecule has 0 spiro atoms. The van der Waals surface area contributed by atoms with Gasteiger partial charge < -0.3 is 9.64 Å². The summed E-state index contributed by atoms with van der Waals surface area (Å²) in [5.41, 5.74) is 2.05. The predicted octanol–water partition coefficient (Wildman–Crippen LogP) is 2.61. The Morgan fingerprint density at radius 2 is 2.19 bits per heavy atom. The first-order valence-electron chi connectivity index (χ1n) is 5.02. The lowest BCUT2D eigenvalue weighted by Gasteiger charge is -2.14. The summed E-state index contributed by atoms with van der Waals surface area (Å²) in [7, 11) is 3.40. The van der Waals surface area contributed by atoms with Gasteiger partial charge in [0.05, 0.1) is 7.11 Å². The molecule has 0 aliphatic carbocycles. The molecular weight excluding hydrogens is 224 g/mol. The average molecular weight is 239 g/mol. The van der Waals surface area contributed by atoms with Crippen LogP contribution in [0.25, 0.3) is 0 Å². The van der Waals surface area contributed by atoms with Gasteiger partial charge in [0, 0.05) is 18.6 Å². The minimum atomic E-state index is 0.659. The van der Waals surface area contributed by atoms with Crippen molar-refractivity contribution in [2.24, 2.45) is 0 Å². The second kappa shape index (κ2) is 5.62. The van der Waals surface area contributed by atoms with E-state index in [2.05, 4.69) is 6.19 Å². The highest BCUT2D eigenvalue weighted by Crippen LogP contribution is 2.27. The van der Waals surface area contributed by atoms with Crippen LogP contribution < -0.4 is 4.74 Å². The Labute approximate surface area is 101 Å². The summed E-state index contributed by atoms with van der Waals surface area (Å²) in [6.45, 7) is 2.62. The molecule has 0 saturated heterocycles. The van der Waals surface area contributed by atoms with Gasteiger partial charge in [0.2, 0.25) is 0 Å². The second-order valence-corrected chi connectivity index (χ2v) is 4.12. The minimum Gasteiger partial charge on any atom is -0.496 e. The first kappa shape index (κ1) is 12.7. The number of aryl methyl sites for hydroxylation is 1. The third-order valence-electron chi connectivity index (χ3n) is 2.41. The molecule has 0 bridgehead atoms. The van der Waals surface area contributed by atoms with Crippen molar-refractivity contribution in [1.29, 1.82) is 5.26 Å². The molecule has 0 unspecified atom stereocenters. The van der Waals surface area contributed by atoms with E-state index in [-0.39, 0.29) is 0 Å². The van der Waals surface area contributed by atoms with Gasteiger partial charge in [0.1, 0.15) is 5.75 Å². The predicted molar refractivity (Wildman–Crippen MR) is 64.7 cm³/mol. The highest BCUT2D eigenvalue weighted by atomic mass is 35.5. The van der Waals surface area contributed by atoms with Gasteiger partial charge in [-0.05, 0) is 36.6 Å². The van der Waals surface area contributed by atoms with Crippen LogP contribution in [0.5, 0.6) is 5.75 Å². The van der Waals surface area contributed by atoms with Gasteiger partial charge in [-0.25, -0.2) is 0 Å². The van der Waals surface area contributed by atoms with Crippen molar-refractivity contribution in [2.75, 3.05) is 20.7 Å². The molecule has 86 valence electrons. The maximum Gasteiger partial charge on any atom is 0.179 e. The Kier molecular flexibility index (Phi) is 4.45. The van der Waals surface area contributed by atoms with Gasteiger partial charge in [-0.1, -0.05) is 11.6 Å². The molecule has 0 saturated carbocycles. The summed E-state index contributed by atoms with van der Waals surface area (Å²) >= 11 is 5.99. The van der Waals surface area contributed by atoms with Crippen LogP contribution in [-0.4, -0.2) is 25.6 Å². The quantitative estimate of drug-likeness (QED) is 0.598. The van der Waals surface area contributed by atoms with Crippen LogP contribution in [0.1, 0.15) is 11.1 Å². The zero-order valence-electron chi connectivity index (χ0n) is 9.75. The van der Waals surface area contributed by atoms with Gasteiger partial charge >= 0.3 is 0 Å². The van der Waals surface area contributed by atoms with Crippen LogP contribution in [0.4, 0.5) is 0 Å². The summed E-state index contributed by atoms with van der Waals surface area (Å²) in [4.78, 5) is 1.58. The molecule has 0 heterocycles. The summed E-state index contributed by atoms with van der Waals surface area (Å²) in [5.74, 6) is 0.857. The number of nitrogens with zero attached hydrogens (tertiary/aromatic N) is 2. The van der Waals surface area contributed by atoms with Crippen LogP contribution in [0, 0.1) is 18.4 Å². The number of likely N-dealkylation sites (N-methyl/N-ethyl adjacent to an activating group) is 1. The molecule has 0 aromatic heterocycles. The van der Waals surface area contributed by atoms with E-state index in [4.69, 9.17) is 21.6 Å². The lowest BCUT2D eigenvalue weighted by Crippen LogP contribution is -2.15. The molecule has 1 rings (SSSR count). The molecular formula is C12H15ClN2O. The van der Waals surface area contributed by atoms with Crippen molar-refractivity contribution in [3.05, 3.63) is 28.3 Å². The van der Waals surface area contributed by atoms with Gasteiger partial charge in [0.15, 0.2) is 6.19 Å². The van der Waals surface area contributed by atoms with Crippen molar-refractivity contribution in [3.8, 4) is 11.9 Å². The molecule has 1 aromatic carbocycles. The number of nitriles is 1. The van der Waals surface area contributed by atoms with Gasteiger partial charge in [-0.15, -0.1) is 0 Å². The van der Waals surface area contributed by atoms with E-state index in [1.54, 1.807) is 19.1 Å². The van der Waals surface area contributed by atoms with Crippen LogP contribution >= 0.6 is 11.6 Å². The fourth-order valence-electron chi connectivity index (χ4n) is 1.62. The molecule has 0 atom stereocenters. The van der Waals surface area contributed by atoms with E-state index in [1.807, 2.05) is 19.1 Å². The summed E-state index contributed by atoms with van der Waals surface area (Å²) in [6, 6.07) is 3.76. The number of hydrogen-bond acceptors (Lipinski definition) is 3. The zero-order chi connectivity index (χ0) is 12.1. The van der Waals surface area contributed by atoms with E-state index < -0.39 is 0 Å². The van der Waals surface area contributed by atoms with Crippen LogP contribution in [0.3, 0.4) is 0 Å². The van der Waals surface area contributed by atoms with Crippen molar-refractivity contribution < 1.29 is 4.74 Å². The van der Waals surface area contributed by atoms with Gasteiger partial charge in [-0.2, -0.15) is 5.26 Å². The monoisotopic (exact) mass is 238 g/mol. The largest absolute Gasteiger partial charge is 0.496 e. The van der Waals surface area contributed by atoms with Crippen LogP contribution in [-0.2, 0) is 6.42 Å². The minimum absolute atomic E-state index is 0.659. The second-order valence-electron chi connectivity index (χ2n) is 3.69. The molecule has 0 aliphatic rings. The third-order valence-corrected chi connectivity index (χ3v) is 2.63.